The molecule has 1 aromatic carbocycles. The van der Waals surface area contributed by atoms with Crippen LogP contribution in [0.15, 0.2) is 24.3 Å². The van der Waals surface area contributed by atoms with Crippen molar-refractivity contribution in [2.75, 3.05) is 45.5 Å². The smallest absolute Gasteiger partial charge is 0.250 e. The van der Waals surface area contributed by atoms with Crippen LogP contribution in [0.3, 0.4) is 0 Å². The second-order valence-corrected chi connectivity index (χ2v) is 4.46. The van der Waals surface area contributed by atoms with Gasteiger partial charge >= 0.3 is 0 Å². The third kappa shape index (κ3) is 8.41. The number of nitrogens with two attached hydrogens (primary N) is 1. The number of carbonyl (C=O) groups excluding carboxylic acids is 1. The molecular formula is C15H24N2O4. The fourth-order valence-corrected chi connectivity index (χ4v) is 1.66. The maximum Gasteiger partial charge on any atom is 0.250 e. The maximum absolute atomic E-state index is 11.7. The van der Waals surface area contributed by atoms with E-state index in [0.29, 0.717) is 33.0 Å². The van der Waals surface area contributed by atoms with Gasteiger partial charge in [-0.25, -0.2) is 0 Å². The summed E-state index contributed by atoms with van der Waals surface area (Å²) in [5.74, 6) is -0.191. The number of anilines is 1. The molecule has 0 atom stereocenters. The van der Waals surface area contributed by atoms with E-state index in [1.807, 2.05) is 24.3 Å². The number of carbonyl (C=O) groups is 1. The monoisotopic (exact) mass is 296 g/mol. The molecule has 0 unspecified atom stereocenters. The van der Waals surface area contributed by atoms with Crippen LogP contribution in [-0.4, -0.2) is 46.1 Å². The van der Waals surface area contributed by atoms with Gasteiger partial charge in [-0.05, 0) is 24.1 Å². The van der Waals surface area contributed by atoms with Crippen LogP contribution in [-0.2, 0) is 25.5 Å². The third-order valence-corrected chi connectivity index (χ3v) is 2.69. The SMILES string of the molecule is COCCCOCCOCC(=O)Nc1cccc(CN)c1. The summed E-state index contributed by atoms with van der Waals surface area (Å²) in [6.45, 7) is 2.64. The van der Waals surface area contributed by atoms with E-state index in [4.69, 9.17) is 19.9 Å². The molecule has 0 spiro atoms. The average molecular weight is 296 g/mol. The standard InChI is InChI=1S/C15H24N2O4/c1-19-6-3-7-20-8-9-21-12-15(18)17-14-5-2-4-13(10-14)11-16/h2,4-5,10H,3,6-9,11-12,16H2,1H3,(H,17,18). The molecule has 1 amide bonds. The van der Waals surface area contributed by atoms with Crippen molar-refractivity contribution < 1.29 is 19.0 Å². The van der Waals surface area contributed by atoms with Gasteiger partial charge in [0.25, 0.3) is 0 Å². The van der Waals surface area contributed by atoms with Crippen LogP contribution in [0.4, 0.5) is 5.69 Å². The number of nitrogens with one attached hydrogen (secondary N) is 1. The lowest BCUT2D eigenvalue weighted by Crippen LogP contribution is -2.20. The van der Waals surface area contributed by atoms with Gasteiger partial charge in [-0.15, -0.1) is 0 Å². The molecule has 1 rings (SSSR count). The number of methoxy groups -OCH3 is 1. The molecule has 118 valence electrons. The summed E-state index contributed by atoms with van der Waals surface area (Å²) in [5, 5.41) is 2.76. The average Bonchev–Trinajstić information content (AvgIpc) is 2.50. The number of benzene rings is 1. The molecule has 0 heterocycles. The molecule has 0 aliphatic carbocycles. The van der Waals surface area contributed by atoms with Gasteiger partial charge in [0.2, 0.25) is 5.91 Å². The summed E-state index contributed by atoms with van der Waals surface area (Å²) in [7, 11) is 1.66. The molecule has 21 heavy (non-hydrogen) atoms. The van der Waals surface area contributed by atoms with E-state index in [1.165, 1.54) is 0 Å². The van der Waals surface area contributed by atoms with Gasteiger partial charge in [-0.2, -0.15) is 0 Å². The Morgan fingerprint density at radius 1 is 1.19 bits per heavy atom. The minimum Gasteiger partial charge on any atom is -0.385 e. The number of hydrogen-bond donors (Lipinski definition) is 2. The van der Waals surface area contributed by atoms with Crippen LogP contribution in [0.5, 0.6) is 0 Å². The number of hydrogen-bond acceptors (Lipinski definition) is 5. The Balaban J connectivity index is 2.08. The molecule has 0 fully saturated rings. The lowest BCUT2D eigenvalue weighted by Gasteiger charge is -2.08. The topological polar surface area (TPSA) is 82.8 Å². The molecule has 1 aromatic rings. The predicted octanol–water partition coefficient (Wildman–Crippen LogP) is 1.15. The fourth-order valence-electron chi connectivity index (χ4n) is 1.66. The van der Waals surface area contributed by atoms with E-state index in [2.05, 4.69) is 5.32 Å². The van der Waals surface area contributed by atoms with Gasteiger partial charge in [0, 0.05) is 32.6 Å². The van der Waals surface area contributed by atoms with Crippen LogP contribution in [0.25, 0.3) is 0 Å². The first kappa shape index (κ1) is 17.6. The van der Waals surface area contributed by atoms with Gasteiger partial charge in [-0.3, -0.25) is 4.79 Å². The summed E-state index contributed by atoms with van der Waals surface area (Å²) < 4.78 is 15.5. The molecule has 0 saturated heterocycles. The number of ether oxygens (including phenoxy) is 3. The van der Waals surface area contributed by atoms with E-state index in [9.17, 15) is 4.79 Å². The normalized spacial score (nSPS) is 10.6. The summed E-state index contributed by atoms with van der Waals surface area (Å²) >= 11 is 0. The van der Waals surface area contributed by atoms with E-state index in [-0.39, 0.29) is 12.5 Å². The summed E-state index contributed by atoms with van der Waals surface area (Å²) in [6.07, 6.45) is 0.856. The van der Waals surface area contributed by atoms with Crippen molar-refractivity contribution in [2.45, 2.75) is 13.0 Å². The first-order valence-corrected chi connectivity index (χ1v) is 6.99. The Bertz CT molecular complexity index is 412. The van der Waals surface area contributed by atoms with Crippen LogP contribution < -0.4 is 11.1 Å². The van der Waals surface area contributed by atoms with Gasteiger partial charge in [0.05, 0.1) is 13.2 Å². The van der Waals surface area contributed by atoms with Crippen molar-refractivity contribution in [3.63, 3.8) is 0 Å². The molecule has 0 radical (unpaired) electrons. The van der Waals surface area contributed by atoms with Crippen LogP contribution >= 0.6 is 0 Å². The van der Waals surface area contributed by atoms with Crippen molar-refractivity contribution in [2.24, 2.45) is 5.73 Å². The Hall–Kier alpha value is -1.47. The van der Waals surface area contributed by atoms with Gasteiger partial charge in [0.15, 0.2) is 0 Å². The molecule has 6 nitrogen and oxygen atoms in total. The Morgan fingerprint density at radius 2 is 2.00 bits per heavy atom. The van der Waals surface area contributed by atoms with Gasteiger partial charge < -0.3 is 25.3 Å². The first-order valence-electron chi connectivity index (χ1n) is 6.99. The zero-order chi connectivity index (χ0) is 15.3. The Kier molecular flexibility index (Phi) is 9.39. The second kappa shape index (κ2) is 11.2. The lowest BCUT2D eigenvalue weighted by atomic mass is 10.2. The largest absolute Gasteiger partial charge is 0.385 e. The summed E-state index contributed by atoms with van der Waals surface area (Å²) in [6, 6.07) is 7.42. The molecule has 0 aromatic heterocycles. The molecule has 0 saturated carbocycles. The van der Waals surface area contributed by atoms with Crippen molar-refractivity contribution >= 4 is 11.6 Å². The minimum atomic E-state index is -0.191. The van der Waals surface area contributed by atoms with Crippen molar-refractivity contribution in [3.05, 3.63) is 29.8 Å². The van der Waals surface area contributed by atoms with Crippen molar-refractivity contribution in [1.82, 2.24) is 0 Å². The lowest BCUT2D eigenvalue weighted by molar-refractivity contribution is -0.121. The molecule has 0 bridgehead atoms. The zero-order valence-electron chi connectivity index (χ0n) is 12.5. The van der Waals surface area contributed by atoms with E-state index in [0.717, 1.165) is 17.7 Å². The molecular weight excluding hydrogens is 272 g/mol. The van der Waals surface area contributed by atoms with Crippen LogP contribution in [0.2, 0.25) is 0 Å². The van der Waals surface area contributed by atoms with Crippen LogP contribution in [0, 0.1) is 0 Å². The predicted molar refractivity (Wildman–Crippen MR) is 81.1 cm³/mol. The maximum atomic E-state index is 11.7. The zero-order valence-corrected chi connectivity index (χ0v) is 12.5. The van der Waals surface area contributed by atoms with Gasteiger partial charge in [-0.1, -0.05) is 12.1 Å². The van der Waals surface area contributed by atoms with Crippen LogP contribution in [0.1, 0.15) is 12.0 Å². The quantitative estimate of drug-likeness (QED) is 0.599. The molecule has 3 N–H and O–H groups in total. The Morgan fingerprint density at radius 3 is 2.76 bits per heavy atom. The highest BCUT2D eigenvalue weighted by Crippen LogP contribution is 2.09. The summed E-state index contributed by atoms with van der Waals surface area (Å²) in [4.78, 5) is 11.7. The van der Waals surface area contributed by atoms with Gasteiger partial charge in [0.1, 0.15) is 6.61 Å². The highest BCUT2D eigenvalue weighted by atomic mass is 16.5. The van der Waals surface area contributed by atoms with Crippen molar-refractivity contribution in [1.29, 1.82) is 0 Å². The second-order valence-electron chi connectivity index (χ2n) is 4.46. The third-order valence-electron chi connectivity index (χ3n) is 2.69. The minimum absolute atomic E-state index is 0.00822. The summed E-state index contributed by atoms with van der Waals surface area (Å²) in [5.41, 5.74) is 7.24. The molecule has 0 aliphatic heterocycles. The van der Waals surface area contributed by atoms with E-state index < -0.39 is 0 Å². The van der Waals surface area contributed by atoms with E-state index >= 15 is 0 Å². The fraction of sp³-hybridized carbons (Fsp3) is 0.533. The Labute approximate surface area is 125 Å². The molecule has 0 aliphatic rings. The highest BCUT2D eigenvalue weighted by molar-refractivity contribution is 5.91. The number of rotatable bonds is 11. The highest BCUT2D eigenvalue weighted by Gasteiger charge is 2.03. The first-order chi connectivity index (χ1) is 10.3. The molecule has 6 heteroatoms. The van der Waals surface area contributed by atoms with E-state index in [1.54, 1.807) is 7.11 Å². The van der Waals surface area contributed by atoms with Crippen molar-refractivity contribution in [3.8, 4) is 0 Å². The number of amides is 1.